The van der Waals surface area contributed by atoms with E-state index in [4.69, 9.17) is 9.52 Å². The van der Waals surface area contributed by atoms with E-state index in [0.717, 1.165) is 17.2 Å². The molecule has 1 N–H and O–H groups in total. The second kappa shape index (κ2) is 4.45. The number of aryl methyl sites for hydroxylation is 1. The van der Waals surface area contributed by atoms with Crippen molar-refractivity contribution in [3.8, 4) is 11.6 Å². The molecule has 0 atom stereocenters. The minimum atomic E-state index is -0.801. The Balaban J connectivity index is 2.32. The van der Waals surface area contributed by atoms with Crippen molar-refractivity contribution < 1.29 is 14.3 Å². The van der Waals surface area contributed by atoms with Crippen molar-refractivity contribution >= 4 is 5.97 Å². The van der Waals surface area contributed by atoms with E-state index >= 15 is 0 Å². The van der Waals surface area contributed by atoms with Gasteiger partial charge in [0.15, 0.2) is 11.6 Å². The lowest BCUT2D eigenvalue weighted by Crippen LogP contribution is -2.03. The molecule has 5 heteroatoms. The van der Waals surface area contributed by atoms with Crippen molar-refractivity contribution in [1.29, 1.82) is 0 Å². The van der Waals surface area contributed by atoms with E-state index in [1.165, 1.54) is 0 Å². The maximum atomic E-state index is 10.6. The van der Waals surface area contributed by atoms with Crippen LogP contribution >= 0.6 is 0 Å². The molecule has 0 spiro atoms. The van der Waals surface area contributed by atoms with Gasteiger partial charge in [0, 0.05) is 12.7 Å². The van der Waals surface area contributed by atoms with Crippen LogP contribution < -0.4 is 0 Å². The summed E-state index contributed by atoms with van der Waals surface area (Å²) in [7, 11) is 1.87. The lowest BCUT2D eigenvalue weighted by atomic mass is 10.2. The molecule has 0 bridgehead atoms. The minimum absolute atomic E-state index is 0.109. The summed E-state index contributed by atoms with van der Waals surface area (Å²) < 4.78 is 7.18. The Morgan fingerprint density at radius 1 is 1.59 bits per heavy atom. The van der Waals surface area contributed by atoms with Gasteiger partial charge in [0.25, 0.3) is 0 Å². The fourth-order valence-corrected chi connectivity index (χ4v) is 1.87. The summed E-state index contributed by atoms with van der Waals surface area (Å²) in [6.07, 6.45) is 2.18. The van der Waals surface area contributed by atoms with Crippen molar-refractivity contribution in [1.82, 2.24) is 9.55 Å². The van der Waals surface area contributed by atoms with Gasteiger partial charge in [-0.3, -0.25) is 4.79 Å². The van der Waals surface area contributed by atoms with E-state index in [2.05, 4.69) is 4.98 Å². The summed E-state index contributed by atoms with van der Waals surface area (Å²) in [6.45, 7) is 1.88. The molecule has 0 radical (unpaired) electrons. The number of carbonyl (C=O) groups is 1. The highest BCUT2D eigenvalue weighted by Gasteiger charge is 2.15. The third kappa shape index (κ3) is 2.22. The Labute approximate surface area is 98.7 Å². The number of aromatic nitrogens is 2. The van der Waals surface area contributed by atoms with Crippen LogP contribution in [0.1, 0.15) is 17.8 Å². The van der Waals surface area contributed by atoms with E-state index < -0.39 is 5.97 Å². The first-order valence-corrected chi connectivity index (χ1v) is 5.37. The first-order valence-electron chi connectivity index (χ1n) is 5.37. The predicted octanol–water partition coefficient (Wildman–Crippen LogP) is 2.01. The van der Waals surface area contributed by atoms with Crippen LogP contribution in [0.15, 0.2) is 22.8 Å². The lowest BCUT2D eigenvalue weighted by molar-refractivity contribution is -0.136. The van der Waals surface area contributed by atoms with Gasteiger partial charge in [-0.1, -0.05) is 0 Å². The molecule has 90 valence electrons. The van der Waals surface area contributed by atoms with Gasteiger partial charge in [-0.15, -0.1) is 0 Å². The van der Waals surface area contributed by atoms with Gasteiger partial charge in [0.2, 0.25) is 0 Å². The highest BCUT2D eigenvalue weighted by atomic mass is 16.4. The summed E-state index contributed by atoms with van der Waals surface area (Å²) in [5, 5.41) is 8.70. The first kappa shape index (κ1) is 11.4. The lowest BCUT2D eigenvalue weighted by Gasteiger charge is -2.03. The molecule has 2 rings (SSSR count). The van der Waals surface area contributed by atoms with Crippen LogP contribution in [0.4, 0.5) is 0 Å². The van der Waals surface area contributed by atoms with Crippen LogP contribution in [-0.4, -0.2) is 20.6 Å². The predicted molar refractivity (Wildman–Crippen MR) is 61.6 cm³/mol. The molecule has 5 nitrogen and oxygen atoms in total. The topological polar surface area (TPSA) is 68.3 Å². The molecule has 0 unspecified atom stereocenters. The largest absolute Gasteiger partial charge is 0.481 e. The molecule has 0 aliphatic rings. The molecule has 2 aromatic rings. The van der Waals surface area contributed by atoms with Crippen LogP contribution in [0, 0.1) is 6.92 Å². The van der Waals surface area contributed by atoms with Crippen LogP contribution in [0.2, 0.25) is 0 Å². The van der Waals surface area contributed by atoms with Crippen LogP contribution in [-0.2, 0) is 18.3 Å². The average Bonchev–Trinajstić information content (AvgIpc) is 2.85. The molecule has 0 amide bonds. The maximum absolute atomic E-state index is 10.6. The first-order chi connectivity index (χ1) is 8.09. The zero-order valence-electron chi connectivity index (χ0n) is 9.80. The van der Waals surface area contributed by atoms with Gasteiger partial charge >= 0.3 is 5.97 Å². The minimum Gasteiger partial charge on any atom is -0.481 e. The SMILES string of the molecule is Cc1nc(-c2ccco2)n(C)c1CCC(=O)O. The molecule has 17 heavy (non-hydrogen) atoms. The zero-order chi connectivity index (χ0) is 12.4. The van der Waals surface area contributed by atoms with Crippen molar-refractivity contribution in [2.24, 2.45) is 7.05 Å². The standard InChI is InChI=1S/C12H14N2O3/c1-8-9(5-6-11(15)16)14(2)12(13-8)10-4-3-7-17-10/h3-4,7H,5-6H2,1-2H3,(H,15,16). The molecule has 2 aromatic heterocycles. The van der Waals surface area contributed by atoms with Gasteiger partial charge in [-0.2, -0.15) is 0 Å². The third-order valence-corrected chi connectivity index (χ3v) is 2.73. The summed E-state index contributed by atoms with van der Waals surface area (Å²) in [4.78, 5) is 15.0. The van der Waals surface area contributed by atoms with Gasteiger partial charge in [-0.05, 0) is 25.5 Å². The molecular formula is C12H14N2O3. The van der Waals surface area contributed by atoms with Crippen LogP contribution in [0.3, 0.4) is 0 Å². The number of hydrogen-bond donors (Lipinski definition) is 1. The second-order valence-corrected chi connectivity index (χ2v) is 3.90. The number of carboxylic acids is 1. The number of carboxylic acid groups (broad SMARTS) is 1. The molecule has 0 fully saturated rings. The number of furan rings is 1. The normalized spacial score (nSPS) is 10.7. The van der Waals surface area contributed by atoms with Crippen LogP contribution in [0.25, 0.3) is 11.6 Å². The van der Waals surface area contributed by atoms with Gasteiger partial charge < -0.3 is 14.1 Å². The Bertz CT molecular complexity index is 526. The Morgan fingerprint density at radius 3 is 2.94 bits per heavy atom. The van der Waals surface area contributed by atoms with Crippen molar-refractivity contribution in [3.05, 3.63) is 29.8 Å². The monoisotopic (exact) mass is 234 g/mol. The molecule has 0 saturated carbocycles. The van der Waals surface area contributed by atoms with Gasteiger partial charge in [-0.25, -0.2) is 4.98 Å². The average molecular weight is 234 g/mol. The number of aliphatic carboxylic acids is 1. The number of nitrogens with zero attached hydrogens (tertiary/aromatic N) is 2. The van der Waals surface area contributed by atoms with Crippen molar-refractivity contribution in [2.45, 2.75) is 19.8 Å². The summed E-state index contributed by atoms with van der Waals surface area (Å²) in [5.41, 5.74) is 1.78. The van der Waals surface area contributed by atoms with E-state index in [-0.39, 0.29) is 6.42 Å². The highest BCUT2D eigenvalue weighted by molar-refractivity contribution is 5.67. The number of rotatable bonds is 4. The highest BCUT2D eigenvalue weighted by Crippen LogP contribution is 2.22. The van der Waals surface area contributed by atoms with Crippen molar-refractivity contribution in [3.63, 3.8) is 0 Å². The molecule has 2 heterocycles. The summed E-state index contributed by atoms with van der Waals surface area (Å²) in [5.74, 6) is 0.621. The van der Waals surface area contributed by atoms with Gasteiger partial charge in [0.1, 0.15) is 0 Å². The maximum Gasteiger partial charge on any atom is 0.303 e. The fraction of sp³-hybridized carbons (Fsp3) is 0.333. The van der Waals surface area contributed by atoms with Crippen LogP contribution in [0.5, 0.6) is 0 Å². The summed E-state index contributed by atoms with van der Waals surface area (Å²) >= 11 is 0. The van der Waals surface area contributed by atoms with Crippen molar-refractivity contribution in [2.75, 3.05) is 0 Å². The molecule has 0 aliphatic heterocycles. The summed E-state index contributed by atoms with van der Waals surface area (Å²) in [6, 6.07) is 3.64. The Morgan fingerprint density at radius 2 is 2.35 bits per heavy atom. The van der Waals surface area contributed by atoms with E-state index in [9.17, 15) is 4.79 Å². The second-order valence-electron chi connectivity index (χ2n) is 3.90. The van der Waals surface area contributed by atoms with E-state index in [1.54, 1.807) is 12.3 Å². The Hall–Kier alpha value is -2.04. The van der Waals surface area contributed by atoms with E-state index in [0.29, 0.717) is 12.2 Å². The van der Waals surface area contributed by atoms with Gasteiger partial charge in [0.05, 0.1) is 18.4 Å². The Kier molecular flexibility index (Phi) is 2.99. The zero-order valence-corrected chi connectivity index (χ0v) is 9.80. The quantitative estimate of drug-likeness (QED) is 0.878. The molecular weight excluding hydrogens is 220 g/mol. The molecule has 0 saturated heterocycles. The fourth-order valence-electron chi connectivity index (χ4n) is 1.87. The number of imidazole rings is 1. The van der Waals surface area contributed by atoms with E-state index in [1.807, 2.05) is 24.6 Å². The third-order valence-electron chi connectivity index (χ3n) is 2.73. The smallest absolute Gasteiger partial charge is 0.303 e. The number of hydrogen-bond acceptors (Lipinski definition) is 3. The molecule has 0 aromatic carbocycles. The molecule has 0 aliphatic carbocycles.